The van der Waals surface area contributed by atoms with E-state index in [1.807, 2.05) is 6.20 Å². The van der Waals surface area contributed by atoms with E-state index in [4.69, 9.17) is 5.10 Å². The number of nitrogens with one attached hydrogen (secondary N) is 1. The highest BCUT2D eigenvalue weighted by Gasteiger charge is 2.29. The number of aromatic nitrogens is 4. The van der Waals surface area contributed by atoms with E-state index in [9.17, 15) is 0 Å². The zero-order chi connectivity index (χ0) is 20.3. The van der Waals surface area contributed by atoms with Gasteiger partial charge in [-0.1, -0.05) is 58.9 Å². The number of benzene rings is 2. The maximum atomic E-state index is 4.97. The lowest BCUT2D eigenvalue weighted by Crippen LogP contribution is -2.22. The van der Waals surface area contributed by atoms with Crippen LogP contribution in [0.25, 0.3) is 21.8 Å². The summed E-state index contributed by atoms with van der Waals surface area (Å²) in [6, 6.07) is 10.9. The van der Waals surface area contributed by atoms with E-state index >= 15 is 0 Å². The predicted octanol–water partition coefficient (Wildman–Crippen LogP) is 5.58. The van der Waals surface area contributed by atoms with Gasteiger partial charge in [0.05, 0.1) is 22.9 Å². The van der Waals surface area contributed by atoms with E-state index in [1.54, 1.807) is 0 Å². The van der Waals surface area contributed by atoms with Gasteiger partial charge in [0.15, 0.2) is 0 Å². The Bertz CT molecular complexity index is 1170. The number of hydrogen-bond acceptors (Lipinski definition) is 2. The van der Waals surface area contributed by atoms with Crippen molar-refractivity contribution < 1.29 is 0 Å². The summed E-state index contributed by atoms with van der Waals surface area (Å²) in [6.07, 6.45) is 2.83. The third-order valence-electron chi connectivity index (χ3n) is 5.87. The van der Waals surface area contributed by atoms with Gasteiger partial charge < -0.3 is 0 Å². The second kappa shape index (κ2) is 6.20. The summed E-state index contributed by atoms with van der Waals surface area (Å²) in [6.45, 7) is 13.6. The molecule has 0 saturated heterocycles. The molecule has 4 heteroatoms. The summed E-state index contributed by atoms with van der Waals surface area (Å²) in [5.41, 5.74) is 7.52. The number of rotatable bonds is 3. The summed E-state index contributed by atoms with van der Waals surface area (Å²) in [7, 11) is 2.07. The minimum atomic E-state index is -0.0630. The predicted molar refractivity (Wildman–Crippen MR) is 117 cm³/mol. The van der Waals surface area contributed by atoms with Crippen LogP contribution in [-0.2, 0) is 24.3 Å². The molecule has 0 aliphatic rings. The van der Waals surface area contributed by atoms with Crippen molar-refractivity contribution in [2.45, 2.75) is 58.8 Å². The second-order valence-electron chi connectivity index (χ2n) is 9.67. The molecule has 2 heterocycles. The van der Waals surface area contributed by atoms with Crippen molar-refractivity contribution in [2.24, 2.45) is 7.05 Å². The van der Waals surface area contributed by atoms with Crippen molar-refractivity contribution in [1.82, 2.24) is 20.0 Å². The average molecular weight is 375 g/mol. The summed E-state index contributed by atoms with van der Waals surface area (Å²) in [5.74, 6) is 0. The van der Waals surface area contributed by atoms with Gasteiger partial charge >= 0.3 is 0 Å². The molecular formula is C24H30N4. The molecule has 0 saturated carbocycles. The van der Waals surface area contributed by atoms with Gasteiger partial charge in [-0.15, -0.1) is 0 Å². The van der Waals surface area contributed by atoms with E-state index in [0.29, 0.717) is 0 Å². The molecule has 4 nitrogen and oxygen atoms in total. The van der Waals surface area contributed by atoms with Crippen LogP contribution in [0.1, 0.15) is 57.0 Å². The van der Waals surface area contributed by atoms with E-state index in [2.05, 4.69) is 93.8 Å². The third kappa shape index (κ3) is 2.92. The molecule has 0 bridgehead atoms. The lowest BCUT2D eigenvalue weighted by atomic mass is 9.76. The van der Waals surface area contributed by atoms with Crippen molar-refractivity contribution in [1.29, 1.82) is 0 Å². The number of hydrogen-bond donors (Lipinski definition) is 1. The fourth-order valence-corrected chi connectivity index (χ4v) is 4.68. The van der Waals surface area contributed by atoms with Crippen LogP contribution in [0.4, 0.5) is 0 Å². The Kier molecular flexibility index (Phi) is 4.14. The first-order valence-corrected chi connectivity index (χ1v) is 9.98. The monoisotopic (exact) mass is 374 g/mol. The molecule has 2 aromatic heterocycles. The number of aromatic amines is 1. The summed E-state index contributed by atoms with van der Waals surface area (Å²) in [4.78, 5) is 0. The molecule has 28 heavy (non-hydrogen) atoms. The SMILES string of the molecule is Cc1ccc2[nH]ncc2c1C(C)(C)Cc1nn(C)c2c(C(C)(C)C)cccc12. The molecule has 0 unspecified atom stereocenters. The minimum Gasteiger partial charge on any atom is -0.278 e. The number of H-pyrrole nitrogens is 1. The van der Waals surface area contributed by atoms with Crippen LogP contribution in [-0.4, -0.2) is 20.0 Å². The number of nitrogens with zero attached hydrogens (tertiary/aromatic N) is 3. The van der Waals surface area contributed by atoms with E-state index in [-0.39, 0.29) is 10.8 Å². The summed E-state index contributed by atoms with van der Waals surface area (Å²) >= 11 is 0. The normalized spacial score (nSPS) is 13.0. The fourth-order valence-electron chi connectivity index (χ4n) is 4.68. The molecule has 1 N–H and O–H groups in total. The van der Waals surface area contributed by atoms with Gasteiger partial charge in [0.2, 0.25) is 0 Å². The maximum absolute atomic E-state index is 4.97. The molecule has 0 spiro atoms. The van der Waals surface area contributed by atoms with Gasteiger partial charge in [-0.05, 0) is 40.5 Å². The lowest BCUT2D eigenvalue weighted by molar-refractivity contribution is 0.514. The molecule has 0 aliphatic carbocycles. The second-order valence-corrected chi connectivity index (χ2v) is 9.67. The average Bonchev–Trinajstić information content (AvgIpc) is 3.18. The van der Waals surface area contributed by atoms with Gasteiger partial charge in [-0.25, -0.2) is 0 Å². The standard InChI is InChI=1S/C24H30N4/c1-15-11-12-19-17(14-25-26-19)21(15)24(5,6)13-20-16-9-8-10-18(23(2,3)4)22(16)28(7)27-20/h8-12,14H,13H2,1-7H3,(H,25,26). The van der Waals surface area contributed by atoms with Crippen molar-refractivity contribution >= 4 is 21.8 Å². The Labute approximate surface area is 167 Å². The number of aryl methyl sites for hydroxylation is 2. The van der Waals surface area contributed by atoms with Crippen molar-refractivity contribution in [3.8, 4) is 0 Å². The third-order valence-corrected chi connectivity index (χ3v) is 5.87. The van der Waals surface area contributed by atoms with Crippen molar-refractivity contribution in [2.75, 3.05) is 0 Å². The zero-order valence-electron chi connectivity index (χ0n) is 18.0. The number of para-hydroxylation sites is 1. The quantitative estimate of drug-likeness (QED) is 0.509. The van der Waals surface area contributed by atoms with Crippen LogP contribution in [0.5, 0.6) is 0 Å². The first-order valence-electron chi connectivity index (χ1n) is 9.98. The van der Waals surface area contributed by atoms with Crippen LogP contribution in [0.2, 0.25) is 0 Å². The smallest absolute Gasteiger partial charge is 0.0719 e. The van der Waals surface area contributed by atoms with Gasteiger partial charge in [0.25, 0.3) is 0 Å². The fraction of sp³-hybridized carbons (Fsp3) is 0.417. The Balaban J connectivity index is 1.86. The molecule has 0 amide bonds. The van der Waals surface area contributed by atoms with E-state index < -0.39 is 0 Å². The first kappa shape index (κ1) is 18.7. The molecule has 0 atom stereocenters. The van der Waals surface area contributed by atoms with Crippen LogP contribution < -0.4 is 0 Å². The van der Waals surface area contributed by atoms with Gasteiger partial charge in [0.1, 0.15) is 0 Å². The van der Waals surface area contributed by atoms with Crippen LogP contribution in [0.3, 0.4) is 0 Å². The number of fused-ring (bicyclic) bond motifs is 2. The van der Waals surface area contributed by atoms with Crippen molar-refractivity contribution in [3.63, 3.8) is 0 Å². The van der Waals surface area contributed by atoms with Crippen LogP contribution >= 0.6 is 0 Å². The highest BCUT2D eigenvalue weighted by molar-refractivity contribution is 5.87. The molecule has 0 aliphatic heterocycles. The van der Waals surface area contributed by atoms with Crippen LogP contribution in [0, 0.1) is 6.92 Å². The lowest BCUT2D eigenvalue weighted by Gasteiger charge is -2.27. The van der Waals surface area contributed by atoms with Gasteiger partial charge in [-0.3, -0.25) is 9.78 Å². The van der Waals surface area contributed by atoms with Gasteiger partial charge in [-0.2, -0.15) is 10.2 Å². The van der Waals surface area contributed by atoms with Crippen molar-refractivity contribution in [3.05, 3.63) is 58.9 Å². The Morgan fingerprint density at radius 3 is 2.46 bits per heavy atom. The molecular weight excluding hydrogens is 344 g/mol. The Morgan fingerprint density at radius 2 is 1.75 bits per heavy atom. The van der Waals surface area contributed by atoms with E-state index in [1.165, 1.54) is 33.0 Å². The Morgan fingerprint density at radius 1 is 1.00 bits per heavy atom. The highest BCUT2D eigenvalue weighted by Crippen LogP contribution is 2.38. The summed E-state index contributed by atoms with van der Waals surface area (Å²) < 4.78 is 2.06. The molecule has 0 fully saturated rings. The molecule has 2 aromatic carbocycles. The first-order chi connectivity index (χ1) is 13.1. The maximum Gasteiger partial charge on any atom is 0.0719 e. The molecule has 4 aromatic rings. The highest BCUT2D eigenvalue weighted by atomic mass is 15.3. The minimum absolute atomic E-state index is 0.0630. The topological polar surface area (TPSA) is 46.5 Å². The molecule has 0 radical (unpaired) electrons. The van der Waals surface area contributed by atoms with E-state index in [0.717, 1.165) is 17.6 Å². The molecule has 4 rings (SSSR count). The van der Waals surface area contributed by atoms with Crippen LogP contribution in [0.15, 0.2) is 36.5 Å². The molecule has 146 valence electrons. The largest absolute Gasteiger partial charge is 0.278 e. The Hall–Kier alpha value is -2.62. The van der Waals surface area contributed by atoms with Gasteiger partial charge in [0, 0.05) is 24.2 Å². The summed E-state index contributed by atoms with van der Waals surface area (Å²) in [5, 5.41) is 14.8. The zero-order valence-corrected chi connectivity index (χ0v) is 18.0.